The van der Waals surface area contributed by atoms with E-state index in [2.05, 4.69) is 25.6 Å². The number of hydrogen-bond acceptors (Lipinski definition) is 6. The maximum atomic E-state index is 10.2. The first kappa shape index (κ1) is 8.72. The van der Waals surface area contributed by atoms with E-state index >= 15 is 0 Å². The molecule has 1 aromatic rings. The summed E-state index contributed by atoms with van der Waals surface area (Å²) in [5.74, 6) is 0.984. The Labute approximate surface area is 86.7 Å². The van der Waals surface area contributed by atoms with Crippen molar-refractivity contribution in [3.63, 3.8) is 0 Å². The lowest BCUT2D eigenvalue weighted by Crippen LogP contribution is -2.44. The van der Waals surface area contributed by atoms with Gasteiger partial charge in [0, 0.05) is 25.2 Å². The highest BCUT2D eigenvalue weighted by molar-refractivity contribution is 5.44. The summed E-state index contributed by atoms with van der Waals surface area (Å²) < 4.78 is 0. The van der Waals surface area contributed by atoms with Crippen molar-refractivity contribution < 1.29 is 0 Å². The Balaban J connectivity index is 1.84. The highest BCUT2D eigenvalue weighted by atomic mass is 16.3. The summed E-state index contributed by atoms with van der Waals surface area (Å²) in [4.78, 5) is 12.4. The van der Waals surface area contributed by atoms with Crippen LogP contribution in [-0.2, 0) is 0 Å². The van der Waals surface area contributed by atoms with E-state index in [9.17, 15) is 4.91 Å². The molecule has 0 aliphatic carbocycles. The predicted octanol–water partition coefficient (Wildman–Crippen LogP) is 0.425. The topological polar surface area (TPSA) is 70.5 Å². The molecule has 1 N–H and O–H groups in total. The third-order valence-electron chi connectivity index (χ3n) is 3.08. The second-order valence-electron chi connectivity index (χ2n) is 3.99. The average molecular weight is 205 g/mol. The van der Waals surface area contributed by atoms with Gasteiger partial charge in [-0.2, -0.15) is 0 Å². The van der Waals surface area contributed by atoms with Crippen LogP contribution in [0.4, 0.5) is 11.6 Å². The second-order valence-corrected chi connectivity index (χ2v) is 3.99. The summed E-state index contributed by atoms with van der Waals surface area (Å²) in [7, 11) is 0. The van der Waals surface area contributed by atoms with Crippen LogP contribution in [0.15, 0.2) is 17.3 Å². The summed E-state index contributed by atoms with van der Waals surface area (Å²) in [6, 6.07) is 4.53. The minimum absolute atomic E-state index is 0.140. The zero-order valence-corrected chi connectivity index (χ0v) is 8.13. The van der Waals surface area contributed by atoms with Gasteiger partial charge in [-0.15, -0.1) is 15.1 Å². The molecule has 0 spiro atoms. The van der Waals surface area contributed by atoms with Crippen molar-refractivity contribution in [3.8, 4) is 0 Å². The molecule has 2 atom stereocenters. The number of nitroso groups, excluding NO2 is 1. The van der Waals surface area contributed by atoms with E-state index in [1.165, 1.54) is 6.42 Å². The maximum Gasteiger partial charge on any atom is 0.218 e. The Morgan fingerprint density at radius 2 is 2.40 bits per heavy atom. The van der Waals surface area contributed by atoms with Crippen molar-refractivity contribution in [2.45, 2.75) is 18.5 Å². The molecule has 6 nitrogen and oxygen atoms in total. The lowest BCUT2D eigenvalue weighted by atomic mass is 10.2. The minimum Gasteiger partial charge on any atom is -0.349 e. The summed E-state index contributed by atoms with van der Waals surface area (Å²) in [5, 5.41) is 13.9. The quantitative estimate of drug-likeness (QED) is 0.709. The van der Waals surface area contributed by atoms with E-state index in [0.29, 0.717) is 12.1 Å². The molecular weight excluding hydrogens is 194 g/mol. The van der Waals surface area contributed by atoms with Crippen LogP contribution in [0.2, 0.25) is 0 Å². The molecule has 0 radical (unpaired) electrons. The van der Waals surface area contributed by atoms with Gasteiger partial charge in [-0.3, -0.25) is 0 Å². The van der Waals surface area contributed by atoms with Crippen LogP contribution in [0.5, 0.6) is 0 Å². The maximum absolute atomic E-state index is 10.2. The molecule has 0 aromatic carbocycles. The number of fused-ring (bicyclic) bond motifs is 2. The van der Waals surface area contributed by atoms with Crippen molar-refractivity contribution in [3.05, 3.63) is 17.0 Å². The van der Waals surface area contributed by atoms with Crippen LogP contribution in [0.3, 0.4) is 0 Å². The summed E-state index contributed by atoms with van der Waals surface area (Å²) in [6.45, 7) is 1.99. The van der Waals surface area contributed by atoms with Crippen LogP contribution in [0.25, 0.3) is 0 Å². The molecule has 2 bridgehead atoms. The molecule has 78 valence electrons. The fraction of sp³-hybridized carbons (Fsp3) is 0.556. The molecule has 0 amide bonds. The van der Waals surface area contributed by atoms with Gasteiger partial charge in [0.2, 0.25) is 5.82 Å². The van der Waals surface area contributed by atoms with Gasteiger partial charge >= 0.3 is 0 Å². The monoisotopic (exact) mass is 205 g/mol. The smallest absolute Gasteiger partial charge is 0.218 e. The molecule has 3 rings (SSSR count). The number of nitrogens with zero attached hydrogens (tertiary/aromatic N) is 4. The van der Waals surface area contributed by atoms with E-state index in [1.54, 1.807) is 6.07 Å². The summed E-state index contributed by atoms with van der Waals surface area (Å²) in [5.41, 5.74) is 0. The molecule has 2 aliphatic heterocycles. The fourth-order valence-corrected chi connectivity index (χ4v) is 2.36. The van der Waals surface area contributed by atoms with Gasteiger partial charge in [0.25, 0.3) is 0 Å². The SMILES string of the molecule is O=Nc1ccc(N2C[C@@H]3C[C@H]2CN3)nn1. The zero-order chi connectivity index (χ0) is 10.3. The number of hydrogen-bond donors (Lipinski definition) is 1. The predicted molar refractivity (Wildman–Crippen MR) is 55.0 cm³/mol. The zero-order valence-electron chi connectivity index (χ0n) is 8.13. The van der Waals surface area contributed by atoms with Crippen molar-refractivity contribution >= 4 is 11.6 Å². The molecular formula is C9H11N5O. The van der Waals surface area contributed by atoms with Gasteiger partial charge in [0.05, 0.1) is 0 Å². The molecule has 2 aliphatic rings. The summed E-state index contributed by atoms with van der Waals surface area (Å²) in [6.07, 6.45) is 1.18. The Morgan fingerprint density at radius 3 is 2.93 bits per heavy atom. The number of rotatable bonds is 2. The highest BCUT2D eigenvalue weighted by Crippen LogP contribution is 2.27. The first-order valence-corrected chi connectivity index (χ1v) is 5.04. The molecule has 2 saturated heterocycles. The lowest BCUT2D eigenvalue weighted by molar-refractivity contribution is 0.574. The van der Waals surface area contributed by atoms with Gasteiger partial charge in [-0.1, -0.05) is 0 Å². The van der Waals surface area contributed by atoms with E-state index in [4.69, 9.17) is 0 Å². The van der Waals surface area contributed by atoms with E-state index < -0.39 is 0 Å². The molecule has 0 saturated carbocycles. The summed E-state index contributed by atoms with van der Waals surface area (Å²) >= 11 is 0. The molecule has 3 heterocycles. The molecule has 6 heteroatoms. The van der Waals surface area contributed by atoms with Gasteiger partial charge in [-0.05, 0) is 23.7 Å². The second kappa shape index (κ2) is 3.23. The Kier molecular flexibility index (Phi) is 1.88. The molecule has 2 fully saturated rings. The number of nitrogens with one attached hydrogen (secondary N) is 1. The van der Waals surface area contributed by atoms with Gasteiger partial charge in [0.15, 0.2) is 5.82 Å². The number of anilines is 1. The number of piperazine rings is 1. The van der Waals surface area contributed by atoms with Crippen molar-refractivity contribution in [1.82, 2.24) is 15.5 Å². The third kappa shape index (κ3) is 1.37. The molecule has 0 unspecified atom stereocenters. The van der Waals surface area contributed by atoms with Crippen molar-refractivity contribution in [1.29, 1.82) is 0 Å². The van der Waals surface area contributed by atoms with E-state index in [0.717, 1.165) is 18.9 Å². The highest BCUT2D eigenvalue weighted by Gasteiger charge is 2.38. The Bertz CT molecular complexity index is 379. The van der Waals surface area contributed by atoms with Crippen molar-refractivity contribution in [2.24, 2.45) is 5.18 Å². The van der Waals surface area contributed by atoms with Crippen LogP contribution in [-0.4, -0.2) is 35.4 Å². The van der Waals surface area contributed by atoms with Crippen LogP contribution in [0.1, 0.15) is 6.42 Å². The van der Waals surface area contributed by atoms with Gasteiger partial charge in [0.1, 0.15) is 0 Å². The van der Waals surface area contributed by atoms with Gasteiger partial charge in [-0.25, -0.2) is 0 Å². The third-order valence-corrected chi connectivity index (χ3v) is 3.08. The van der Waals surface area contributed by atoms with Crippen LogP contribution < -0.4 is 10.2 Å². The Morgan fingerprint density at radius 1 is 1.47 bits per heavy atom. The van der Waals surface area contributed by atoms with Crippen LogP contribution in [0, 0.1) is 4.91 Å². The van der Waals surface area contributed by atoms with E-state index in [-0.39, 0.29) is 5.82 Å². The standard InChI is InChI=1S/C9H11N5O/c15-13-8-1-2-9(12-11-8)14-5-6-3-7(14)4-10-6/h1-2,6-7,10H,3-5H2/t6-,7-/m0/s1. The molecule has 1 aromatic heterocycles. The first-order valence-electron chi connectivity index (χ1n) is 5.04. The van der Waals surface area contributed by atoms with Crippen molar-refractivity contribution in [2.75, 3.05) is 18.0 Å². The van der Waals surface area contributed by atoms with Gasteiger partial charge < -0.3 is 10.2 Å². The molecule has 15 heavy (non-hydrogen) atoms. The largest absolute Gasteiger partial charge is 0.349 e. The Hall–Kier alpha value is -1.56. The van der Waals surface area contributed by atoms with Crippen LogP contribution >= 0.6 is 0 Å². The lowest BCUT2D eigenvalue weighted by Gasteiger charge is -2.27. The number of aromatic nitrogens is 2. The van der Waals surface area contributed by atoms with E-state index in [1.807, 2.05) is 6.07 Å². The normalized spacial score (nSPS) is 28.4. The average Bonchev–Trinajstić information content (AvgIpc) is 2.91. The minimum atomic E-state index is 0.140. The fourth-order valence-electron chi connectivity index (χ4n) is 2.36. The first-order chi connectivity index (χ1) is 7.36.